The molecule has 0 amide bonds. The molecule has 66 valence electrons. The second-order valence-electron chi connectivity index (χ2n) is 3.00. The minimum atomic E-state index is -0.246. The van der Waals surface area contributed by atoms with Crippen LogP contribution in [-0.2, 0) is 6.42 Å². The number of unbranched alkanes of at least 4 members (excludes halogenated alkanes) is 2. The van der Waals surface area contributed by atoms with E-state index in [2.05, 4.69) is 13.0 Å². The average Bonchev–Trinajstić information content (AvgIpc) is 2.05. The van der Waals surface area contributed by atoms with Crippen molar-refractivity contribution in [2.24, 2.45) is 0 Å². The Balaban J connectivity index is 0.00000144. The Kier molecular flexibility index (Phi) is 7.04. The molecule has 0 atom stereocenters. The molecule has 0 fully saturated rings. The van der Waals surface area contributed by atoms with Crippen LogP contribution < -0.4 is 18.9 Å². The Bertz CT molecular complexity index is 235. The summed E-state index contributed by atoms with van der Waals surface area (Å²) in [5, 5.41) is 0. The van der Waals surface area contributed by atoms with Gasteiger partial charge < -0.3 is 0 Å². The van der Waals surface area contributed by atoms with Crippen LogP contribution in [0, 0.1) is 11.9 Å². The SMILES string of the molecule is CCCCCc1cc[c-]c(F)c1.[Li+]. The Labute approximate surface area is 91.7 Å². The predicted octanol–water partition coefficient (Wildman–Crippen LogP) is 0.363. The third-order valence-electron chi connectivity index (χ3n) is 1.90. The molecule has 0 saturated heterocycles. The summed E-state index contributed by atoms with van der Waals surface area (Å²) in [4.78, 5) is 0. The third kappa shape index (κ3) is 5.13. The van der Waals surface area contributed by atoms with Gasteiger partial charge in [-0.3, -0.25) is 0 Å². The molecule has 0 unspecified atom stereocenters. The Hall–Kier alpha value is -0.253. The monoisotopic (exact) mass is 172 g/mol. The molecule has 0 aliphatic rings. The van der Waals surface area contributed by atoms with Crippen LogP contribution in [0.4, 0.5) is 4.39 Å². The molecule has 0 aromatic heterocycles. The molecular formula is C11H14FLi. The molecule has 0 radical (unpaired) electrons. The van der Waals surface area contributed by atoms with Crippen LogP contribution >= 0.6 is 0 Å². The first-order chi connectivity index (χ1) is 5.83. The van der Waals surface area contributed by atoms with Crippen molar-refractivity contribution in [3.8, 4) is 0 Å². The van der Waals surface area contributed by atoms with Gasteiger partial charge in [-0.1, -0.05) is 32.6 Å². The van der Waals surface area contributed by atoms with Gasteiger partial charge in [0.25, 0.3) is 0 Å². The number of hydrogen-bond acceptors (Lipinski definition) is 0. The van der Waals surface area contributed by atoms with Gasteiger partial charge in [0.2, 0.25) is 0 Å². The van der Waals surface area contributed by atoms with Crippen molar-refractivity contribution >= 4 is 0 Å². The predicted molar refractivity (Wildman–Crippen MR) is 48.5 cm³/mol. The smallest absolute Gasteiger partial charge is 0.236 e. The molecule has 1 rings (SSSR count). The van der Waals surface area contributed by atoms with E-state index in [1.807, 2.05) is 6.07 Å². The van der Waals surface area contributed by atoms with E-state index >= 15 is 0 Å². The van der Waals surface area contributed by atoms with Crippen molar-refractivity contribution < 1.29 is 23.3 Å². The van der Waals surface area contributed by atoms with Crippen molar-refractivity contribution in [3.05, 3.63) is 35.6 Å². The molecular weight excluding hydrogens is 158 g/mol. The summed E-state index contributed by atoms with van der Waals surface area (Å²) in [6.07, 6.45) is 4.57. The molecule has 0 spiro atoms. The maximum atomic E-state index is 12.6. The van der Waals surface area contributed by atoms with Crippen molar-refractivity contribution in [1.82, 2.24) is 0 Å². The third-order valence-corrected chi connectivity index (χ3v) is 1.90. The van der Waals surface area contributed by atoms with Gasteiger partial charge in [0.1, 0.15) is 0 Å². The van der Waals surface area contributed by atoms with E-state index in [9.17, 15) is 4.39 Å². The molecule has 0 heterocycles. The van der Waals surface area contributed by atoms with Gasteiger partial charge in [-0.05, 0) is 0 Å². The van der Waals surface area contributed by atoms with Crippen LogP contribution in [0.25, 0.3) is 0 Å². The largest absolute Gasteiger partial charge is 1.00 e. The van der Waals surface area contributed by atoms with Crippen LogP contribution in [0.3, 0.4) is 0 Å². The van der Waals surface area contributed by atoms with Crippen LogP contribution in [-0.4, -0.2) is 0 Å². The number of rotatable bonds is 4. The van der Waals surface area contributed by atoms with Crippen LogP contribution in [0.1, 0.15) is 31.7 Å². The number of aryl methyl sites for hydroxylation is 1. The zero-order valence-electron chi connectivity index (χ0n) is 8.44. The Morgan fingerprint density at radius 2 is 2.15 bits per heavy atom. The molecule has 13 heavy (non-hydrogen) atoms. The summed E-state index contributed by atoms with van der Waals surface area (Å²) in [7, 11) is 0. The van der Waals surface area contributed by atoms with Crippen LogP contribution in [0.15, 0.2) is 18.2 Å². The molecule has 2 heteroatoms. The average molecular weight is 172 g/mol. The molecule has 0 saturated carbocycles. The fourth-order valence-corrected chi connectivity index (χ4v) is 1.22. The van der Waals surface area contributed by atoms with E-state index in [-0.39, 0.29) is 24.7 Å². The standard InChI is InChI=1S/C11H14F.Li/c1-2-3-4-6-10-7-5-8-11(12)9-10;/h5,7,9H,2-4,6H2,1H3;/q-1;+1. The Morgan fingerprint density at radius 1 is 1.38 bits per heavy atom. The fourth-order valence-electron chi connectivity index (χ4n) is 1.22. The summed E-state index contributed by atoms with van der Waals surface area (Å²) in [6.45, 7) is 2.17. The number of hydrogen-bond donors (Lipinski definition) is 0. The van der Waals surface area contributed by atoms with Gasteiger partial charge in [-0.25, -0.2) is 4.39 Å². The van der Waals surface area contributed by atoms with Crippen molar-refractivity contribution in [2.45, 2.75) is 32.6 Å². The second kappa shape index (κ2) is 7.18. The number of benzene rings is 1. The van der Waals surface area contributed by atoms with E-state index in [1.165, 1.54) is 12.8 Å². The van der Waals surface area contributed by atoms with E-state index in [1.54, 1.807) is 12.1 Å². The zero-order chi connectivity index (χ0) is 8.81. The van der Waals surface area contributed by atoms with Gasteiger partial charge in [-0.2, -0.15) is 17.7 Å². The fraction of sp³-hybridized carbons (Fsp3) is 0.455. The van der Waals surface area contributed by atoms with Gasteiger partial charge >= 0.3 is 18.9 Å². The molecule has 1 aromatic carbocycles. The maximum Gasteiger partial charge on any atom is 1.00 e. The van der Waals surface area contributed by atoms with Crippen LogP contribution in [0.5, 0.6) is 0 Å². The summed E-state index contributed by atoms with van der Waals surface area (Å²) in [5.41, 5.74) is 1.08. The minimum Gasteiger partial charge on any atom is -0.236 e. The van der Waals surface area contributed by atoms with E-state index in [4.69, 9.17) is 0 Å². The molecule has 1 aromatic rings. The van der Waals surface area contributed by atoms with Gasteiger partial charge in [0, 0.05) is 5.82 Å². The quantitative estimate of drug-likeness (QED) is 0.349. The van der Waals surface area contributed by atoms with E-state index < -0.39 is 0 Å². The van der Waals surface area contributed by atoms with Crippen LogP contribution in [0.2, 0.25) is 0 Å². The summed E-state index contributed by atoms with van der Waals surface area (Å²) in [5.74, 6) is -0.246. The van der Waals surface area contributed by atoms with Crippen molar-refractivity contribution in [2.75, 3.05) is 0 Å². The van der Waals surface area contributed by atoms with E-state index in [0.717, 1.165) is 18.4 Å². The van der Waals surface area contributed by atoms with Gasteiger partial charge in [0.05, 0.1) is 0 Å². The van der Waals surface area contributed by atoms with E-state index in [0.29, 0.717) is 0 Å². The first-order valence-electron chi connectivity index (χ1n) is 4.49. The normalized spacial score (nSPS) is 9.38. The zero-order valence-corrected chi connectivity index (χ0v) is 8.44. The topological polar surface area (TPSA) is 0 Å². The molecule has 0 bridgehead atoms. The summed E-state index contributed by atoms with van der Waals surface area (Å²) >= 11 is 0. The van der Waals surface area contributed by atoms with Crippen molar-refractivity contribution in [1.29, 1.82) is 0 Å². The summed E-state index contributed by atoms with van der Waals surface area (Å²) in [6, 6.07) is 7.64. The first-order valence-corrected chi connectivity index (χ1v) is 4.49. The van der Waals surface area contributed by atoms with Crippen molar-refractivity contribution in [3.63, 3.8) is 0 Å². The molecule has 0 aliphatic heterocycles. The first kappa shape index (κ1) is 12.7. The minimum absolute atomic E-state index is 0. The van der Waals surface area contributed by atoms with Gasteiger partial charge in [0.15, 0.2) is 0 Å². The second-order valence-corrected chi connectivity index (χ2v) is 3.00. The van der Waals surface area contributed by atoms with Gasteiger partial charge in [-0.15, -0.1) is 12.1 Å². The maximum absolute atomic E-state index is 12.6. The molecule has 0 N–H and O–H groups in total. The molecule has 0 nitrogen and oxygen atoms in total. The number of halogens is 1. The molecule has 0 aliphatic carbocycles. The Morgan fingerprint density at radius 3 is 2.77 bits per heavy atom. The summed E-state index contributed by atoms with van der Waals surface area (Å²) < 4.78 is 12.6.